The summed E-state index contributed by atoms with van der Waals surface area (Å²) in [4.78, 5) is 18.5. The van der Waals surface area contributed by atoms with E-state index in [1.807, 2.05) is 16.5 Å². The number of piperidine rings is 1. The van der Waals surface area contributed by atoms with Gasteiger partial charge in [0.05, 0.1) is 17.7 Å². The van der Waals surface area contributed by atoms with E-state index in [-0.39, 0.29) is 18.6 Å². The van der Waals surface area contributed by atoms with E-state index in [2.05, 4.69) is 4.98 Å². The minimum atomic E-state index is 0.0919. The standard InChI is InChI=1S/C15H22N2O3S/c18-14(11-19-10-13-4-2-7-20-13)17-6-1-3-12(9-17)15-16-5-8-21-15/h5,8,12-13H,1-4,6-7,9-11H2/t12-,13+/m1/s1. The van der Waals surface area contributed by atoms with Crippen molar-refractivity contribution in [2.24, 2.45) is 0 Å². The molecule has 3 heterocycles. The van der Waals surface area contributed by atoms with Crippen LogP contribution in [0, 0.1) is 0 Å². The number of aromatic nitrogens is 1. The molecule has 0 spiro atoms. The van der Waals surface area contributed by atoms with Crippen molar-refractivity contribution < 1.29 is 14.3 Å². The number of carbonyl (C=O) groups is 1. The smallest absolute Gasteiger partial charge is 0.248 e. The Bertz CT molecular complexity index is 446. The van der Waals surface area contributed by atoms with Crippen molar-refractivity contribution in [2.75, 3.05) is 32.9 Å². The van der Waals surface area contributed by atoms with E-state index in [9.17, 15) is 4.79 Å². The molecule has 1 amide bonds. The number of hydrogen-bond donors (Lipinski definition) is 0. The molecule has 3 rings (SSSR count). The van der Waals surface area contributed by atoms with Gasteiger partial charge in [-0.15, -0.1) is 11.3 Å². The number of ether oxygens (including phenoxy) is 2. The van der Waals surface area contributed by atoms with Crippen LogP contribution in [0.15, 0.2) is 11.6 Å². The van der Waals surface area contributed by atoms with E-state index in [0.29, 0.717) is 12.5 Å². The molecule has 2 aliphatic rings. The molecule has 2 aliphatic heterocycles. The normalized spacial score (nSPS) is 26.2. The predicted molar refractivity (Wildman–Crippen MR) is 80.5 cm³/mol. The van der Waals surface area contributed by atoms with Crippen LogP contribution >= 0.6 is 11.3 Å². The van der Waals surface area contributed by atoms with Crippen molar-refractivity contribution in [2.45, 2.75) is 37.7 Å². The Balaban J connectivity index is 1.43. The van der Waals surface area contributed by atoms with Gasteiger partial charge in [-0.3, -0.25) is 4.79 Å². The Kier molecular flexibility index (Phi) is 5.22. The molecule has 5 nitrogen and oxygen atoms in total. The van der Waals surface area contributed by atoms with Crippen LogP contribution in [0.25, 0.3) is 0 Å². The van der Waals surface area contributed by atoms with Crippen molar-refractivity contribution in [3.63, 3.8) is 0 Å². The van der Waals surface area contributed by atoms with Gasteiger partial charge in [-0.05, 0) is 25.7 Å². The first kappa shape index (κ1) is 14.9. The van der Waals surface area contributed by atoms with Crippen molar-refractivity contribution in [1.29, 1.82) is 0 Å². The van der Waals surface area contributed by atoms with Crippen LogP contribution in [0.2, 0.25) is 0 Å². The van der Waals surface area contributed by atoms with Gasteiger partial charge >= 0.3 is 0 Å². The number of nitrogens with zero attached hydrogens (tertiary/aromatic N) is 2. The fraction of sp³-hybridized carbons (Fsp3) is 0.733. The first-order valence-electron chi connectivity index (χ1n) is 7.69. The minimum Gasteiger partial charge on any atom is -0.376 e. The zero-order valence-corrected chi connectivity index (χ0v) is 13.0. The van der Waals surface area contributed by atoms with Crippen LogP contribution in [0.1, 0.15) is 36.6 Å². The second-order valence-corrected chi connectivity index (χ2v) is 6.63. The molecule has 0 saturated carbocycles. The highest BCUT2D eigenvalue weighted by Crippen LogP contribution is 2.28. The lowest BCUT2D eigenvalue weighted by atomic mass is 9.99. The Morgan fingerprint density at radius 3 is 3.19 bits per heavy atom. The molecule has 0 N–H and O–H groups in total. The fourth-order valence-electron chi connectivity index (χ4n) is 2.99. The monoisotopic (exact) mass is 310 g/mol. The van der Waals surface area contributed by atoms with Crippen molar-refractivity contribution >= 4 is 17.2 Å². The molecule has 0 aliphatic carbocycles. The summed E-state index contributed by atoms with van der Waals surface area (Å²) in [6.45, 7) is 3.14. The van der Waals surface area contributed by atoms with Gasteiger partial charge in [-0.1, -0.05) is 0 Å². The molecular weight excluding hydrogens is 288 g/mol. The van der Waals surface area contributed by atoms with Gasteiger partial charge in [-0.25, -0.2) is 4.98 Å². The van der Waals surface area contributed by atoms with Gasteiger partial charge in [0.1, 0.15) is 6.61 Å². The van der Waals surface area contributed by atoms with Crippen LogP contribution in [0.4, 0.5) is 0 Å². The summed E-state index contributed by atoms with van der Waals surface area (Å²) < 4.78 is 11.0. The third kappa shape index (κ3) is 4.02. The van der Waals surface area contributed by atoms with E-state index >= 15 is 0 Å². The van der Waals surface area contributed by atoms with Crippen LogP contribution in [-0.4, -0.2) is 54.8 Å². The largest absolute Gasteiger partial charge is 0.376 e. The van der Waals surface area contributed by atoms with Gasteiger partial charge in [0.2, 0.25) is 5.91 Å². The van der Waals surface area contributed by atoms with Gasteiger partial charge in [0, 0.05) is 37.2 Å². The molecular formula is C15H22N2O3S. The predicted octanol–water partition coefficient (Wildman–Crippen LogP) is 2.04. The molecule has 0 bridgehead atoms. The SMILES string of the molecule is O=C(COC[C@@H]1CCCO1)N1CCC[C@@H](c2nccs2)C1. The quantitative estimate of drug-likeness (QED) is 0.835. The third-order valence-electron chi connectivity index (χ3n) is 4.13. The van der Waals surface area contributed by atoms with Crippen LogP contribution in [-0.2, 0) is 14.3 Å². The highest BCUT2D eigenvalue weighted by Gasteiger charge is 2.26. The maximum atomic E-state index is 12.2. The number of amides is 1. The van der Waals surface area contributed by atoms with Gasteiger partial charge in [-0.2, -0.15) is 0 Å². The number of likely N-dealkylation sites (tertiary alicyclic amines) is 1. The van der Waals surface area contributed by atoms with E-state index in [0.717, 1.165) is 50.4 Å². The molecule has 0 radical (unpaired) electrons. The first-order chi connectivity index (χ1) is 10.3. The summed E-state index contributed by atoms with van der Waals surface area (Å²) in [5.41, 5.74) is 0. The molecule has 1 aromatic rings. The Labute approximate surface area is 129 Å². The second kappa shape index (κ2) is 7.33. The summed E-state index contributed by atoms with van der Waals surface area (Å²) in [7, 11) is 0. The summed E-state index contributed by atoms with van der Waals surface area (Å²) in [5, 5.41) is 3.15. The Morgan fingerprint density at radius 2 is 2.43 bits per heavy atom. The van der Waals surface area contributed by atoms with E-state index in [1.165, 1.54) is 0 Å². The second-order valence-electron chi connectivity index (χ2n) is 5.70. The number of hydrogen-bond acceptors (Lipinski definition) is 5. The fourth-order valence-corrected chi connectivity index (χ4v) is 3.75. The van der Waals surface area contributed by atoms with Crippen molar-refractivity contribution in [3.8, 4) is 0 Å². The minimum absolute atomic E-state index is 0.0919. The molecule has 21 heavy (non-hydrogen) atoms. The molecule has 116 valence electrons. The average Bonchev–Trinajstić information content (AvgIpc) is 3.21. The zero-order chi connectivity index (χ0) is 14.5. The van der Waals surface area contributed by atoms with Gasteiger partial charge < -0.3 is 14.4 Å². The summed E-state index contributed by atoms with van der Waals surface area (Å²) >= 11 is 1.68. The van der Waals surface area contributed by atoms with Crippen LogP contribution < -0.4 is 0 Å². The lowest BCUT2D eigenvalue weighted by molar-refractivity contribution is -0.138. The maximum Gasteiger partial charge on any atom is 0.248 e. The highest BCUT2D eigenvalue weighted by atomic mass is 32.1. The number of thiazole rings is 1. The first-order valence-corrected chi connectivity index (χ1v) is 8.57. The van der Waals surface area contributed by atoms with Crippen molar-refractivity contribution in [1.82, 2.24) is 9.88 Å². The summed E-state index contributed by atoms with van der Waals surface area (Å²) in [6, 6.07) is 0. The molecule has 2 fully saturated rings. The summed E-state index contributed by atoms with van der Waals surface area (Å²) in [5.74, 6) is 0.482. The molecule has 0 aromatic carbocycles. The molecule has 6 heteroatoms. The number of rotatable bonds is 5. The highest BCUT2D eigenvalue weighted by molar-refractivity contribution is 7.09. The molecule has 0 unspecified atom stereocenters. The summed E-state index contributed by atoms with van der Waals surface area (Å²) in [6.07, 6.45) is 6.33. The van der Waals surface area contributed by atoms with E-state index < -0.39 is 0 Å². The van der Waals surface area contributed by atoms with Crippen LogP contribution in [0.3, 0.4) is 0 Å². The van der Waals surface area contributed by atoms with Gasteiger partial charge in [0.15, 0.2) is 0 Å². The molecule has 2 saturated heterocycles. The Hall–Kier alpha value is -0.980. The third-order valence-corrected chi connectivity index (χ3v) is 5.07. The number of carbonyl (C=O) groups excluding carboxylic acids is 1. The zero-order valence-electron chi connectivity index (χ0n) is 12.2. The maximum absolute atomic E-state index is 12.2. The molecule has 2 atom stereocenters. The average molecular weight is 310 g/mol. The Morgan fingerprint density at radius 1 is 1.48 bits per heavy atom. The topological polar surface area (TPSA) is 51.7 Å². The lowest BCUT2D eigenvalue weighted by Gasteiger charge is -2.31. The van der Waals surface area contributed by atoms with E-state index in [4.69, 9.17) is 9.47 Å². The lowest BCUT2D eigenvalue weighted by Crippen LogP contribution is -2.41. The van der Waals surface area contributed by atoms with Crippen molar-refractivity contribution in [3.05, 3.63) is 16.6 Å². The molecule has 1 aromatic heterocycles. The van der Waals surface area contributed by atoms with Crippen LogP contribution in [0.5, 0.6) is 0 Å². The van der Waals surface area contributed by atoms with Gasteiger partial charge in [0.25, 0.3) is 0 Å². The van der Waals surface area contributed by atoms with E-state index in [1.54, 1.807) is 11.3 Å².